The van der Waals surface area contributed by atoms with Crippen LogP contribution in [-0.2, 0) is 16.0 Å². The van der Waals surface area contributed by atoms with Gasteiger partial charge in [-0.1, -0.05) is 22.0 Å². The van der Waals surface area contributed by atoms with E-state index in [1.807, 2.05) is 42.6 Å². The second kappa shape index (κ2) is 9.75. The number of hydrogen-bond acceptors (Lipinski definition) is 5. The molecule has 0 saturated carbocycles. The van der Waals surface area contributed by atoms with Crippen molar-refractivity contribution < 1.29 is 13.9 Å². The molecule has 4 N–H and O–H groups in total. The van der Waals surface area contributed by atoms with Gasteiger partial charge in [0.1, 0.15) is 17.6 Å². The van der Waals surface area contributed by atoms with Crippen LogP contribution < -0.4 is 11.5 Å². The minimum absolute atomic E-state index is 0.107. The molecule has 3 aromatic carbocycles. The topological polar surface area (TPSA) is 99.4 Å². The van der Waals surface area contributed by atoms with Gasteiger partial charge in [0.05, 0.1) is 17.1 Å². The maximum Gasteiger partial charge on any atom is 0.253 e. The average molecular weight is 550 g/mol. The van der Waals surface area contributed by atoms with Crippen molar-refractivity contribution in [3.05, 3.63) is 94.3 Å². The van der Waals surface area contributed by atoms with Gasteiger partial charge in [-0.05, 0) is 79.6 Å². The molecule has 0 spiro atoms. The fraction of sp³-hybridized carbons (Fsp3) is 0.185. The van der Waals surface area contributed by atoms with Crippen molar-refractivity contribution in [2.45, 2.75) is 25.7 Å². The van der Waals surface area contributed by atoms with E-state index < -0.39 is 12.3 Å². The first-order valence-electron chi connectivity index (χ1n) is 11.5. The van der Waals surface area contributed by atoms with Gasteiger partial charge in [-0.2, -0.15) is 5.10 Å². The van der Waals surface area contributed by atoms with Gasteiger partial charge in [0.25, 0.3) is 5.91 Å². The highest BCUT2D eigenvalue weighted by atomic mass is 79.9. The van der Waals surface area contributed by atoms with Crippen LogP contribution in [0.3, 0.4) is 0 Å². The number of nitrogen functional groups attached to an aromatic ring is 2. The zero-order chi connectivity index (χ0) is 25.4. The van der Waals surface area contributed by atoms with E-state index in [1.165, 1.54) is 12.1 Å². The van der Waals surface area contributed by atoms with Crippen molar-refractivity contribution in [2.75, 3.05) is 18.0 Å². The number of amides is 1. The van der Waals surface area contributed by atoms with E-state index in [2.05, 4.69) is 15.9 Å². The van der Waals surface area contributed by atoms with Crippen molar-refractivity contribution in [3.63, 3.8) is 0 Å². The van der Waals surface area contributed by atoms with Crippen LogP contribution in [0.2, 0.25) is 0 Å². The highest BCUT2D eigenvalue weighted by Crippen LogP contribution is 2.37. The summed E-state index contributed by atoms with van der Waals surface area (Å²) in [7, 11) is 0. The van der Waals surface area contributed by atoms with E-state index in [1.54, 1.807) is 34.7 Å². The molecule has 9 heteroatoms. The molecule has 2 atom stereocenters. The molecule has 1 fully saturated rings. The smallest absolute Gasteiger partial charge is 0.253 e. The Bertz CT molecular complexity index is 1400. The molecule has 1 amide bonds. The Kier molecular flexibility index (Phi) is 6.51. The number of halogens is 2. The molecule has 184 valence electrons. The maximum absolute atomic E-state index is 13.7. The zero-order valence-corrected chi connectivity index (χ0v) is 21.2. The third-order valence-corrected chi connectivity index (χ3v) is 6.79. The number of carbonyl (C=O) groups excluding carboxylic acids is 1. The van der Waals surface area contributed by atoms with E-state index in [0.717, 1.165) is 26.9 Å². The lowest BCUT2D eigenvalue weighted by molar-refractivity contribution is -0.130. The van der Waals surface area contributed by atoms with Crippen LogP contribution in [0.15, 0.2) is 77.4 Å². The third kappa shape index (κ3) is 4.72. The van der Waals surface area contributed by atoms with Gasteiger partial charge in [-0.3, -0.25) is 4.79 Å². The Hall–Kier alpha value is -3.69. The average Bonchev–Trinajstić information content (AvgIpc) is 3.42. The molecular weight excluding hydrogens is 525 g/mol. The summed E-state index contributed by atoms with van der Waals surface area (Å²) >= 11 is 3.46. The molecule has 36 heavy (non-hydrogen) atoms. The minimum Gasteiger partial charge on any atom is -0.397 e. The Morgan fingerprint density at radius 1 is 1.03 bits per heavy atom. The van der Waals surface area contributed by atoms with E-state index in [0.29, 0.717) is 30.0 Å². The molecule has 1 saturated heterocycles. The van der Waals surface area contributed by atoms with E-state index >= 15 is 0 Å². The Morgan fingerprint density at radius 3 is 2.44 bits per heavy atom. The summed E-state index contributed by atoms with van der Waals surface area (Å²) in [5.74, 6) is -0.442. The van der Waals surface area contributed by atoms with Crippen molar-refractivity contribution in [1.29, 1.82) is 0 Å². The first kappa shape index (κ1) is 24.0. The van der Waals surface area contributed by atoms with Crippen molar-refractivity contribution in [1.82, 2.24) is 14.7 Å². The number of ether oxygens (including phenoxy) is 1. The number of nitrogens with zero attached hydrogens (tertiary/aromatic N) is 3. The van der Waals surface area contributed by atoms with Gasteiger partial charge < -0.3 is 21.1 Å². The maximum atomic E-state index is 13.7. The summed E-state index contributed by atoms with van der Waals surface area (Å²) in [6.07, 6.45) is 1.19. The molecule has 0 bridgehead atoms. The quantitative estimate of drug-likeness (QED) is 0.326. The monoisotopic (exact) mass is 549 g/mol. The predicted octanol–water partition coefficient (Wildman–Crippen LogP) is 5.09. The highest BCUT2D eigenvalue weighted by molar-refractivity contribution is 9.10. The summed E-state index contributed by atoms with van der Waals surface area (Å²) in [6, 6.07) is 19.3. The number of benzene rings is 3. The van der Waals surface area contributed by atoms with Crippen LogP contribution >= 0.6 is 15.9 Å². The molecule has 5 rings (SSSR count). The van der Waals surface area contributed by atoms with Gasteiger partial charge in [0.2, 0.25) is 0 Å². The summed E-state index contributed by atoms with van der Waals surface area (Å²) in [5.41, 5.74) is 16.7. The third-order valence-electron chi connectivity index (χ3n) is 6.26. The van der Waals surface area contributed by atoms with Crippen molar-refractivity contribution in [2.24, 2.45) is 0 Å². The first-order valence-corrected chi connectivity index (χ1v) is 12.3. The van der Waals surface area contributed by atoms with E-state index in [9.17, 15) is 9.18 Å². The molecule has 1 aliphatic rings. The molecule has 4 aromatic rings. The summed E-state index contributed by atoms with van der Waals surface area (Å²) in [4.78, 5) is 14.8. The van der Waals surface area contributed by atoms with Crippen LogP contribution in [0.5, 0.6) is 0 Å². The van der Waals surface area contributed by atoms with Gasteiger partial charge in [0, 0.05) is 28.3 Å². The lowest BCUT2D eigenvalue weighted by Crippen LogP contribution is -2.32. The van der Waals surface area contributed by atoms with Gasteiger partial charge in [-0.15, -0.1) is 0 Å². The van der Waals surface area contributed by atoms with Gasteiger partial charge in [0.15, 0.2) is 6.23 Å². The number of nitrogens with two attached hydrogens (primary N) is 2. The molecular formula is C27H25BrFN5O2. The largest absolute Gasteiger partial charge is 0.397 e. The standard InChI is InChI=1S/C27H25BrFN5O2/c1-16-26(35)33(13-12-17-2-11-23(30)24(31)14-17)27(36-16)22-15-34(21-9-5-19(28)6-10-21)32-25(22)18-3-7-20(29)8-4-18/h2-11,14-16,27H,12-13,30-31H2,1H3. The minimum atomic E-state index is -0.650. The highest BCUT2D eigenvalue weighted by Gasteiger charge is 2.40. The molecule has 0 aliphatic carbocycles. The number of aromatic nitrogens is 2. The Morgan fingerprint density at radius 2 is 1.75 bits per heavy atom. The lowest BCUT2D eigenvalue weighted by Gasteiger charge is -2.23. The number of carbonyl (C=O) groups is 1. The van der Waals surface area contributed by atoms with Crippen LogP contribution in [0, 0.1) is 5.82 Å². The van der Waals surface area contributed by atoms with E-state index in [4.69, 9.17) is 21.3 Å². The van der Waals surface area contributed by atoms with Gasteiger partial charge in [-0.25, -0.2) is 9.07 Å². The summed E-state index contributed by atoms with van der Waals surface area (Å²) in [6.45, 7) is 2.16. The molecule has 7 nitrogen and oxygen atoms in total. The zero-order valence-electron chi connectivity index (χ0n) is 19.6. The Balaban J connectivity index is 1.53. The molecule has 1 aromatic heterocycles. The normalized spacial score (nSPS) is 17.6. The van der Waals surface area contributed by atoms with E-state index in [-0.39, 0.29) is 11.7 Å². The van der Waals surface area contributed by atoms with Crippen LogP contribution in [-0.4, -0.2) is 33.2 Å². The van der Waals surface area contributed by atoms with Crippen LogP contribution in [0.25, 0.3) is 16.9 Å². The SMILES string of the molecule is CC1OC(c2cn(-c3ccc(Br)cc3)nc2-c2ccc(F)cc2)N(CCc2ccc(N)c(N)c2)C1=O. The van der Waals surface area contributed by atoms with Crippen molar-refractivity contribution in [3.8, 4) is 16.9 Å². The fourth-order valence-electron chi connectivity index (χ4n) is 4.30. The predicted molar refractivity (Wildman–Crippen MR) is 141 cm³/mol. The summed E-state index contributed by atoms with van der Waals surface area (Å²) < 4.78 is 22.5. The second-order valence-corrected chi connectivity index (χ2v) is 9.65. The second-order valence-electron chi connectivity index (χ2n) is 8.74. The Labute approximate surface area is 216 Å². The number of rotatable bonds is 6. The molecule has 1 aliphatic heterocycles. The fourth-order valence-corrected chi connectivity index (χ4v) is 4.56. The van der Waals surface area contributed by atoms with Gasteiger partial charge >= 0.3 is 0 Å². The molecule has 0 radical (unpaired) electrons. The number of hydrogen-bond donors (Lipinski definition) is 2. The van der Waals surface area contributed by atoms with Crippen molar-refractivity contribution >= 4 is 33.2 Å². The lowest BCUT2D eigenvalue weighted by atomic mass is 10.1. The van der Waals surface area contributed by atoms with Crippen LogP contribution in [0.4, 0.5) is 15.8 Å². The first-order chi connectivity index (χ1) is 17.3. The summed E-state index contributed by atoms with van der Waals surface area (Å²) in [5, 5.41) is 4.81. The molecule has 2 unspecified atom stereocenters. The number of anilines is 2. The van der Waals surface area contributed by atoms with Crippen LogP contribution in [0.1, 0.15) is 24.3 Å². The molecule has 2 heterocycles.